The summed E-state index contributed by atoms with van der Waals surface area (Å²) in [6, 6.07) is 11.9. The fourth-order valence-electron chi connectivity index (χ4n) is 1.77. The number of aromatic hydroxyl groups is 1. The molecule has 0 fully saturated rings. The first kappa shape index (κ1) is 13.2. The average molecular weight is 283 g/mol. The van der Waals surface area contributed by atoms with Gasteiger partial charge < -0.3 is 10.2 Å². The van der Waals surface area contributed by atoms with Crippen LogP contribution < -0.4 is 0 Å². The lowest BCUT2D eigenvalue weighted by Gasteiger charge is -2.13. The molecular weight excluding hydrogens is 271 g/mol. The summed E-state index contributed by atoms with van der Waals surface area (Å²) < 4.78 is 0. The molecule has 2 rings (SSSR count). The normalized spacial score (nSPS) is 12.4. The summed E-state index contributed by atoms with van der Waals surface area (Å²) in [5.41, 5.74) is 1.36. The first-order valence-electron chi connectivity index (χ1n) is 5.48. The third-order valence-electron chi connectivity index (χ3n) is 2.71. The first-order valence-corrected chi connectivity index (χ1v) is 6.23. The summed E-state index contributed by atoms with van der Waals surface area (Å²) >= 11 is 11.7. The summed E-state index contributed by atoms with van der Waals surface area (Å²) in [4.78, 5) is 0. The number of benzene rings is 2. The predicted octanol–water partition coefficient (Wildman–Crippen LogP) is 3.98. The third-order valence-corrected chi connectivity index (χ3v) is 3.45. The van der Waals surface area contributed by atoms with E-state index in [4.69, 9.17) is 23.2 Å². The number of para-hydroxylation sites is 1. The fraction of sp³-hybridized carbons (Fsp3) is 0.143. The lowest BCUT2D eigenvalue weighted by Crippen LogP contribution is -2.02. The largest absolute Gasteiger partial charge is 0.508 e. The molecule has 0 bridgehead atoms. The van der Waals surface area contributed by atoms with Crippen LogP contribution in [0.4, 0.5) is 0 Å². The maximum Gasteiger partial charge on any atom is 0.121 e. The number of hydrogen-bond donors (Lipinski definition) is 2. The second-order valence-electron chi connectivity index (χ2n) is 4.03. The van der Waals surface area contributed by atoms with Crippen molar-refractivity contribution in [3.63, 3.8) is 0 Å². The Morgan fingerprint density at radius 1 is 1.00 bits per heavy atom. The molecule has 0 spiro atoms. The Balaban J connectivity index is 2.19. The molecule has 0 aliphatic carbocycles. The molecule has 0 heterocycles. The van der Waals surface area contributed by atoms with Crippen LogP contribution in [0.15, 0.2) is 42.5 Å². The zero-order valence-electron chi connectivity index (χ0n) is 9.48. The number of phenolic OH excluding ortho intramolecular Hbond substituents is 1. The van der Waals surface area contributed by atoms with Crippen LogP contribution >= 0.6 is 23.2 Å². The second-order valence-corrected chi connectivity index (χ2v) is 4.84. The van der Waals surface area contributed by atoms with Gasteiger partial charge in [-0.2, -0.15) is 0 Å². The molecule has 94 valence electrons. The van der Waals surface area contributed by atoms with E-state index >= 15 is 0 Å². The van der Waals surface area contributed by atoms with Gasteiger partial charge >= 0.3 is 0 Å². The van der Waals surface area contributed by atoms with Crippen LogP contribution in [-0.4, -0.2) is 10.2 Å². The minimum atomic E-state index is -0.775. The molecule has 2 aromatic carbocycles. The van der Waals surface area contributed by atoms with Crippen molar-refractivity contribution in [1.29, 1.82) is 0 Å². The van der Waals surface area contributed by atoms with E-state index in [9.17, 15) is 10.2 Å². The highest BCUT2D eigenvalue weighted by Gasteiger charge is 2.13. The molecule has 0 unspecified atom stereocenters. The zero-order chi connectivity index (χ0) is 13.1. The van der Waals surface area contributed by atoms with Gasteiger partial charge in [0.25, 0.3) is 0 Å². The molecule has 0 saturated carbocycles. The summed E-state index contributed by atoms with van der Waals surface area (Å²) in [5.74, 6) is 0.0880. The van der Waals surface area contributed by atoms with E-state index in [-0.39, 0.29) is 5.75 Å². The van der Waals surface area contributed by atoms with Gasteiger partial charge in [0.1, 0.15) is 5.75 Å². The van der Waals surface area contributed by atoms with Crippen LogP contribution in [0.25, 0.3) is 0 Å². The van der Waals surface area contributed by atoms with Crippen LogP contribution in [0, 0.1) is 0 Å². The highest BCUT2D eigenvalue weighted by molar-refractivity contribution is 6.42. The van der Waals surface area contributed by atoms with Crippen molar-refractivity contribution in [2.75, 3.05) is 0 Å². The highest BCUT2D eigenvalue weighted by atomic mass is 35.5. The van der Waals surface area contributed by atoms with Crippen molar-refractivity contribution in [1.82, 2.24) is 0 Å². The molecule has 1 atom stereocenters. The number of phenols is 1. The van der Waals surface area contributed by atoms with E-state index < -0.39 is 6.10 Å². The van der Waals surface area contributed by atoms with Gasteiger partial charge in [-0.25, -0.2) is 0 Å². The Morgan fingerprint density at radius 3 is 2.39 bits per heavy atom. The molecule has 18 heavy (non-hydrogen) atoms. The minimum absolute atomic E-state index is 0.0880. The number of aliphatic hydroxyl groups is 1. The summed E-state index contributed by atoms with van der Waals surface area (Å²) in [7, 11) is 0. The molecule has 2 nitrogen and oxygen atoms in total. The molecule has 2 N–H and O–H groups in total. The van der Waals surface area contributed by atoms with E-state index in [1.807, 2.05) is 0 Å². The topological polar surface area (TPSA) is 40.5 Å². The lowest BCUT2D eigenvalue weighted by molar-refractivity contribution is 0.174. The van der Waals surface area contributed by atoms with Gasteiger partial charge in [0.2, 0.25) is 0 Å². The van der Waals surface area contributed by atoms with E-state index in [1.165, 1.54) is 0 Å². The molecule has 0 aromatic heterocycles. The van der Waals surface area contributed by atoms with Crippen molar-refractivity contribution in [2.24, 2.45) is 0 Å². The van der Waals surface area contributed by atoms with Crippen molar-refractivity contribution in [2.45, 2.75) is 12.5 Å². The Kier molecular flexibility index (Phi) is 4.12. The Morgan fingerprint density at radius 2 is 1.72 bits per heavy atom. The predicted molar refractivity (Wildman–Crippen MR) is 73.2 cm³/mol. The van der Waals surface area contributed by atoms with Crippen molar-refractivity contribution >= 4 is 23.2 Å². The van der Waals surface area contributed by atoms with Crippen LogP contribution in [0.3, 0.4) is 0 Å². The minimum Gasteiger partial charge on any atom is -0.508 e. The van der Waals surface area contributed by atoms with E-state index in [0.717, 1.165) is 5.56 Å². The van der Waals surface area contributed by atoms with Gasteiger partial charge in [0.05, 0.1) is 16.1 Å². The van der Waals surface area contributed by atoms with Gasteiger partial charge in [0.15, 0.2) is 0 Å². The van der Waals surface area contributed by atoms with Crippen LogP contribution in [0.2, 0.25) is 10.0 Å². The molecule has 0 aliphatic rings. The van der Waals surface area contributed by atoms with Gasteiger partial charge in [-0.3, -0.25) is 0 Å². The molecule has 2 aromatic rings. The standard InChI is InChI=1S/C14H12Cl2O2/c15-11-6-5-9(7-12(11)16)8-14(18)10-3-1-2-4-13(10)17/h1-7,14,17-18H,8H2/t14-/m1/s1. The van der Waals surface area contributed by atoms with E-state index in [0.29, 0.717) is 22.0 Å². The Labute approximate surface area is 115 Å². The first-order chi connectivity index (χ1) is 8.58. The number of aliphatic hydroxyl groups excluding tert-OH is 1. The van der Waals surface area contributed by atoms with Crippen LogP contribution in [0.1, 0.15) is 17.2 Å². The average Bonchev–Trinajstić information content (AvgIpc) is 2.34. The summed E-state index contributed by atoms with van der Waals surface area (Å²) in [6.07, 6.45) is -0.405. The summed E-state index contributed by atoms with van der Waals surface area (Å²) in [6.45, 7) is 0. The smallest absolute Gasteiger partial charge is 0.121 e. The van der Waals surface area contributed by atoms with E-state index in [1.54, 1.807) is 42.5 Å². The number of halogens is 2. The molecule has 0 saturated heterocycles. The SMILES string of the molecule is Oc1ccccc1[C@H](O)Cc1ccc(Cl)c(Cl)c1. The highest BCUT2D eigenvalue weighted by Crippen LogP contribution is 2.28. The van der Waals surface area contributed by atoms with Gasteiger partial charge in [-0.05, 0) is 23.8 Å². The van der Waals surface area contributed by atoms with Gasteiger partial charge in [0, 0.05) is 12.0 Å². The van der Waals surface area contributed by atoms with Gasteiger partial charge in [-0.15, -0.1) is 0 Å². The monoisotopic (exact) mass is 282 g/mol. The zero-order valence-corrected chi connectivity index (χ0v) is 11.0. The van der Waals surface area contributed by atoms with Crippen molar-refractivity contribution in [3.8, 4) is 5.75 Å². The Hall–Kier alpha value is -1.22. The molecule has 0 radical (unpaired) electrons. The molecular formula is C14H12Cl2O2. The van der Waals surface area contributed by atoms with Crippen LogP contribution in [0.5, 0.6) is 5.75 Å². The molecule has 4 heteroatoms. The maximum absolute atomic E-state index is 10.1. The van der Waals surface area contributed by atoms with Crippen molar-refractivity contribution < 1.29 is 10.2 Å². The van der Waals surface area contributed by atoms with Crippen molar-refractivity contribution in [3.05, 3.63) is 63.6 Å². The van der Waals surface area contributed by atoms with E-state index in [2.05, 4.69) is 0 Å². The summed E-state index contributed by atoms with van der Waals surface area (Å²) in [5, 5.41) is 20.7. The van der Waals surface area contributed by atoms with Gasteiger partial charge in [-0.1, -0.05) is 47.5 Å². The fourth-order valence-corrected chi connectivity index (χ4v) is 2.09. The quantitative estimate of drug-likeness (QED) is 0.894. The third kappa shape index (κ3) is 2.96. The lowest BCUT2D eigenvalue weighted by atomic mass is 10.0. The second kappa shape index (κ2) is 5.61. The van der Waals surface area contributed by atoms with Crippen LogP contribution in [-0.2, 0) is 6.42 Å². The maximum atomic E-state index is 10.1. The number of rotatable bonds is 3. The molecule has 0 aliphatic heterocycles. The number of hydrogen-bond acceptors (Lipinski definition) is 2. The molecule has 0 amide bonds. The Bertz CT molecular complexity index is 555.